The zero-order valence-corrected chi connectivity index (χ0v) is 17.9. The monoisotopic (exact) mass is 416 g/mol. The van der Waals surface area contributed by atoms with Gasteiger partial charge in [0.2, 0.25) is 0 Å². The normalized spacial score (nSPS) is 11.6. The van der Waals surface area contributed by atoms with Crippen molar-refractivity contribution in [3.05, 3.63) is 71.7 Å². The van der Waals surface area contributed by atoms with Gasteiger partial charge in [0, 0.05) is 19.8 Å². The maximum absolute atomic E-state index is 9.76. The molecule has 0 saturated carbocycles. The van der Waals surface area contributed by atoms with E-state index in [4.69, 9.17) is 9.47 Å². The molecule has 1 heterocycles. The Morgan fingerprint density at radius 1 is 1.06 bits per heavy atom. The fraction of sp³-hybridized carbons (Fsp3) is 0.217. The van der Waals surface area contributed by atoms with Crippen LogP contribution in [-0.4, -0.2) is 44.5 Å². The van der Waals surface area contributed by atoms with E-state index in [2.05, 4.69) is 26.6 Å². The minimum Gasteiger partial charge on any atom is -0.493 e. The molecule has 158 valence electrons. The van der Waals surface area contributed by atoms with Gasteiger partial charge in [0.05, 0.1) is 44.6 Å². The zero-order chi connectivity index (χ0) is 22.2. The molecule has 8 nitrogen and oxygen atoms in total. The van der Waals surface area contributed by atoms with E-state index in [1.54, 1.807) is 45.0 Å². The van der Waals surface area contributed by atoms with E-state index >= 15 is 0 Å². The molecule has 0 bridgehead atoms. The van der Waals surface area contributed by atoms with Crippen LogP contribution in [0, 0.1) is 11.3 Å². The number of methoxy groups -OCH3 is 2. The van der Waals surface area contributed by atoms with Crippen LogP contribution in [-0.2, 0) is 0 Å². The van der Waals surface area contributed by atoms with Crippen LogP contribution < -0.4 is 19.8 Å². The molecule has 1 aromatic heterocycles. The highest BCUT2D eigenvalue weighted by Gasteiger charge is 2.18. The molecule has 31 heavy (non-hydrogen) atoms. The number of ether oxygens (including phenoxy) is 2. The van der Waals surface area contributed by atoms with E-state index in [0.717, 1.165) is 16.8 Å². The second kappa shape index (κ2) is 10.1. The van der Waals surface area contributed by atoms with Gasteiger partial charge in [-0.1, -0.05) is 18.2 Å². The Hall–Kier alpha value is -4.12. The topological polar surface area (TPSA) is 95.7 Å². The SMILES string of the molecule is COc1ccc(C(C#N)c2cncc(N/N=C/c3ccc(N(C)C)cc3)n2)cc1OC. The first kappa shape index (κ1) is 21.6. The minimum absolute atomic E-state index is 0.444. The van der Waals surface area contributed by atoms with Gasteiger partial charge in [-0.2, -0.15) is 10.4 Å². The van der Waals surface area contributed by atoms with Crippen molar-refractivity contribution in [1.82, 2.24) is 9.97 Å². The lowest BCUT2D eigenvalue weighted by Crippen LogP contribution is -2.08. The largest absolute Gasteiger partial charge is 0.493 e. The Morgan fingerprint density at radius 3 is 2.45 bits per heavy atom. The van der Waals surface area contributed by atoms with Gasteiger partial charge < -0.3 is 14.4 Å². The number of nitrogens with zero attached hydrogens (tertiary/aromatic N) is 5. The average Bonchev–Trinajstić information content (AvgIpc) is 2.80. The lowest BCUT2D eigenvalue weighted by molar-refractivity contribution is 0.354. The van der Waals surface area contributed by atoms with E-state index < -0.39 is 5.92 Å². The highest BCUT2D eigenvalue weighted by atomic mass is 16.5. The van der Waals surface area contributed by atoms with Gasteiger partial charge in [0.15, 0.2) is 17.3 Å². The summed E-state index contributed by atoms with van der Waals surface area (Å²) in [4.78, 5) is 10.7. The number of hydrogen-bond acceptors (Lipinski definition) is 8. The fourth-order valence-electron chi connectivity index (χ4n) is 2.95. The molecule has 1 unspecified atom stereocenters. The summed E-state index contributed by atoms with van der Waals surface area (Å²) in [5, 5.41) is 14.0. The van der Waals surface area contributed by atoms with Crippen molar-refractivity contribution in [3.8, 4) is 17.6 Å². The molecule has 0 aliphatic carbocycles. The smallest absolute Gasteiger partial charge is 0.165 e. The highest BCUT2D eigenvalue weighted by molar-refractivity contribution is 5.80. The van der Waals surface area contributed by atoms with E-state index in [9.17, 15) is 5.26 Å². The molecule has 2 aromatic carbocycles. The molecule has 0 saturated heterocycles. The first-order valence-electron chi connectivity index (χ1n) is 9.55. The Bertz CT molecular complexity index is 1090. The fourth-order valence-corrected chi connectivity index (χ4v) is 2.95. The third-order valence-corrected chi connectivity index (χ3v) is 4.62. The van der Waals surface area contributed by atoms with Crippen molar-refractivity contribution in [3.63, 3.8) is 0 Å². The molecule has 8 heteroatoms. The van der Waals surface area contributed by atoms with Crippen LogP contribution in [0.2, 0.25) is 0 Å². The summed E-state index contributed by atoms with van der Waals surface area (Å²) in [5.41, 5.74) is 6.17. The molecule has 0 spiro atoms. The number of hydrogen-bond donors (Lipinski definition) is 1. The molecule has 3 rings (SSSR count). The lowest BCUT2D eigenvalue weighted by atomic mass is 9.97. The summed E-state index contributed by atoms with van der Waals surface area (Å²) in [6.45, 7) is 0. The summed E-state index contributed by atoms with van der Waals surface area (Å²) in [6, 6.07) is 15.6. The number of rotatable bonds is 8. The van der Waals surface area contributed by atoms with Crippen molar-refractivity contribution in [1.29, 1.82) is 5.26 Å². The number of nitrogens with one attached hydrogen (secondary N) is 1. The van der Waals surface area contributed by atoms with Crippen molar-refractivity contribution in [2.24, 2.45) is 5.10 Å². The first-order chi connectivity index (χ1) is 15.0. The Labute approximate surface area is 181 Å². The molecule has 3 aromatic rings. The first-order valence-corrected chi connectivity index (χ1v) is 9.55. The van der Waals surface area contributed by atoms with Crippen LogP contribution in [0.1, 0.15) is 22.7 Å². The van der Waals surface area contributed by atoms with Crippen LogP contribution in [0.25, 0.3) is 0 Å². The molecule has 0 amide bonds. The predicted octanol–water partition coefficient (Wildman–Crippen LogP) is 3.66. The van der Waals surface area contributed by atoms with E-state index in [-0.39, 0.29) is 0 Å². The van der Waals surface area contributed by atoms with Gasteiger partial charge in [0.1, 0.15) is 5.92 Å². The number of nitriles is 1. The van der Waals surface area contributed by atoms with E-state index in [1.165, 1.54) is 0 Å². The van der Waals surface area contributed by atoms with Gasteiger partial charge >= 0.3 is 0 Å². The molecule has 0 aliphatic rings. The average molecular weight is 416 g/mol. The molecular formula is C23H24N6O2. The Morgan fingerprint density at radius 2 is 1.81 bits per heavy atom. The standard InChI is InChI=1S/C23H24N6O2/c1-29(2)18-8-5-16(6-9-18)13-26-28-23-15-25-14-20(27-23)19(12-24)17-7-10-21(30-3)22(11-17)31-4/h5-11,13-15,19H,1-4H3,(H,27,28)/b26-13+. The van der Waals surface area contributed by atoms with Crippen LogP contribution >= 0.6 is 0 Å². The van der Waals surface area contributed by atoms with Crippen LogP contribution in [0.5, 0.6) is 11.5 Å². The van der Waals surface area contributed by atoms with Gasteiger partial charge in [0.25, 0.3) is 0 Å². The second-order valence-corrected chi connectivity index (χ2v) is 6.86. The Kier molecular flexibility index (Phi) is 7.01. The van der Waals surface area contributed by atoms with Gasteiger partial charge in [-0.3, -0.25) is 10.4 Å². The molecule has 0 radical (unpaired) electrons. The Balaban J connectivity index is 1.76. The summed E-state index contributed by atoms with van der Waals surface area (Å²) in [6.07, 6.45) is 4.82. The number of aromatic nitrogens is 2. The molecule has 0 fully saturated rings. The maximum Gasteiger partial charge on any atom is 0.165 e. The number of hydrazone groups is 1. The van der Waals surface area contributed by atoms with Gasteiger partial charge in [-0.25, -0.2) is 4.98 Å². The predicted molar refractivity (Wildman–Crippen MR) is 121 cm³/mol. The second-order valence-electron chi connectivity index (χ2n) is 6.86. The summed E-state index contributed by atoms with van der Waals surface area (Å²) in [7, 11) is 7.11. The lowest BCUT2D eigenvalue weighted by Gasteiger charge is -2.13. The molecule has 1 atom stereocenters. The molecule has 0 aliphatic heterocycles. The summed E-state index contributed by atoms with van der Waals surface area (Å²) >= 11 is 0. The molecular weight excluding hydrogens is 392 g/mol. The third-order valence-electron chi connectivity index (χ3n) is 4.62. The third kappa shape index (κ3) is 5.28. The molecule has 1 N–H and O–H groups in total. The minimum atomic E-state index is -0.614. The summed E-state index contributed by atoms with van der Waals surface area (Å²) < 4.78 is 10.6. The van der Waals surface area contributed by atoms with E-state index in [0.29, 0.717) is 23.0 Å². The van der Waals surface area contributed by atoms with Crippen molar-refractivity contribution in [2.75, 3.05) is 38.6 Å². The van der Waals surface area contributed by atoms with Crippen LogP contribution in [0.15, 0.2) is 60.0 Å². The van der Waals surface area contributed by atoms with Crippen LogP contribution in [0.4, 0.5) is 11.5 Å². The quantitative estimate of drug-likeness (QED) is 0.442. The van der Waals surface area contributed by atoms with Crippen LogP contribution in [0.3, 0.4) is 0 Å². The number of anilines is 2. The van der Waals surface area contributed by atoms with Gasteiger partial charge in [-0.15, -0.1) is 0 Å². The van der Waals surface area contributed by atoms with Crippen molar-refractivity contribution in [2.45, 2.75) is 5.92 Å². The summed E-state index contributed by atoms with van der Waals surface area (Å²) in [5.74, 6) is 0.973. The maximum atomic E-state index is 9.76. The van der Waals surface area contributed by atoms with Gasteiger partial charge in [-0.05, 0) is 35.4 Å². The highest BCUT2D eigenvalue weighted by Crippen LogP contribution is 2.32. The van der Waals surface area contributed by atoms with Crippen molar-refractivity contribution >= 4 is 17.7 Å². The zero-order valence-electron chi connectivity index (χ0n) is 17.9. The van der Waals surface area contributed by atoms with E-state index in [1.807, 2.05) is 49.3 Å². The number of benzene rings is 2. The van der Waals surface area contributed by atoms with Crippen molar-refractivity contribution < 1.29 is 9.47 Å².